The lowest BCUT2D eigenvalue weighted by molar-refractivity contribution is 0.215. The van der Waals surface area contributed by atoms with Crippen molar-refractivity contribution in [3.8, 4) is 0 Å². The highest BCUT2D eigenvalue weighted by Gasteiger charge is 2.10. The molecule has 0 rings (SSSR count). The van der Waals surface area contributed by atoms with E-state index in [9.17, 15) is 0 Å². The fourth-order valence-electron chi connectivity index (χ4n) is 1.26. The van der Waals surface area contributed by atoms with Gasteiger partial charge in [-0.25, -0.2) is 0 Å². The van der Waals surface area contributed by atoms with Gasteiger partial charge in [-0.2, -0.15) is 0 Å². The van der Waals surface area contributed by atoms with E-state index < -0.39 is 0 Å². The molecular formula is C10H24N2. The van der Waals surface area contributed by atoms with Crippen LogP contribution in [0.2, 0.25) is 0 Å². The Morgan fingerprint density at radius 2 is 1.92 bits per heavy atom. The van der Waals surface area contributed by atoms with Gasteiger partial charge in [0.1, 0.15) is 0 Å². The molecule has 0 aromatic rings. The van der Waals surface area contributed by atoms with Crippen molar-refractivity contribution in [1.82, 2.24) is 4.90 Å². The molecule has 74 valence electrons. The van der Waals surface area contributed by atoms with Gasteiger partial charge in [-0.1, -0.05) is 20.3 Å². The Balaban J connectivity index is 3.62. The average Bonchev–Trinajstić information content (AvgIpc) is 2.04. The number of rotatable bonds is 6. The van der Waals surface area contributed by atoms with Crippen LogP contribution in [0.1, 0.15) is 33.6 Å². The summed E-state index contributed by atoms with van der Waals surface area (Å²) in [5.41, 5.74) is 5.50. The summed E-state index contributed by atoms with van der Waals surface area (Å²) in [5.74, 6) is 0.801. The first-order valence-corrected chi connectivity index (χ1v) is 5.02. The Morgan fingerprint density at radius 1 is 1.33 bits per heavy atom. The van der Waals surface area contributed by atoms with E-state index in [1.165, 1.54) is 13.0 Å². The Kier molecular flexibility index (Phi) is 6.39. The average molecular weight is 172 g/mol. The van der Waals surface area contributed by atoms with E-state index in [0.717, 1.165) is 18.9 Å². The van der Waals surface area contributed by atoms with Crippen molar-refractivity contribution < 1.29 is 0 Å². The van der Waals surface area contributed by atoms with Crippen LogP contribution in [0.3, 0.4) is 0 Å². The van der Waals surface area contributed by atoms with E-state index >= 15 is 0 Å². The summed E-state index contributed by atoms with van der Waals surface area (Å²) in [6.45, 7) is 8.77. The highest BCUT2D eigenvalue weighted by molar-refractivity contribution is 4.65. The maximum Gasteiger partial charge on any atom is 0.00759 e. The monoisotopic (exact) mass is 172 g/mol. The molecule has 0 fully saturated rings. The first-order valence-electron chi connectivity index (χ1n) is 5.02. The predicted octanol–water partition coefficient (Wildman–Crippen LogP) is 1.70. The zero-order chi connectivity index (χ0) is 9.56. The summed E-state index contributed by atoms with van der Waals surface area (Å²) in [7, 11) is 2.19. The molecule has 12 heavy (non-hydrogen) atoms. The molecule has 0 aromatic carbocycles. The molecule has 2 unspecified atom stereocenters. The number of hydrogen-bond donors (Lipinski definition) is 1. The minimum Gasteiger partial charge on any atom is -0.330 e. The van der Waals surface area contributed by atoms with Crippen molar-refractivity contribution in [2.75, 3.05) is 20.1 Å². The van der Waals surface area contributed by atoms with Crippen molar-refractivity contribution in [1.29, 1.82) is 0 Å². The summed E-state index contributed by atoms with van der Waals surface area (Å²) in [6, 6.07) is 0.629. The molecule has 0 aliphatic carbocycles. The number of hydrogen-bond acceptors (Lipinski definition) is 2. The molecule has 0 saturated heterocycles. The first-order chi connectivity index (χ1) is 5.61. The van der Waals surface area contributed by atoms with Crippen LogP contribution in [0, 0.1) is 5.92 Å². The molecule has 2 N–H and O–H groups in total. The van der Waals surface area contributed by atoms with Crippen LogP contribution in [0.5, 0.6) is 0 Å². The van der Waals surface area contributed by atoms with Crippen molar-refractivity contribution >= 4 is 0 Å². The van der Waals surface area contributed by atoms with Gasteiger partial charge in [0.05, 0.1) is 0 Å². The van der Waals surface area contributed by atoms with E-state index in [0.29, 0.717) is 6.04 Å². The maximum atomic E-state index is 5.50. The molecule has 2 heteroatoms. The van der Waals surface area contributed by atoms with Gasteiger partial charge in [0.2, 0.25) is 0 Å². The zero-order valence-electron chi connectivity index (χ0n) is 9.01. The molecule has 0 radical (unpaired) electrons. The minimum atomic E-state index is 0.629. The molecule has 0 aliphatic rings. The summed E-state index contributed by atoms with van der Waals surface area (Å²) in [6.07, 6.45) is 2.37. The van der Waals surface area contributed by atoms with E-state index in [-0.39, 0.29) is 0 Å². The topological polar surface area (TPSA) is 29.3 Å². The van der Waals surface area contributed by atoms with Crippen LogP contribution in [0.15, 0.2) is 0 Å². The highest BCUT2D eigenvalue weighted by Crippen LogP contribution is 2.07. The third kappa shape index (κ3) is 4.73. The van der Waals surface area contributed by atoms with Crippen LogP contribution in [0.4, 0.5) is 0 Å². The number of nitrogens with zero attached hydrogens (tertiary/aromatic N) is 1. The normalized spacial score (nSPS) is 16.5. The van der Waals surface area contributed by atoms with Gasteiger partial charge in [0, 0.05) is 12.6 Å². The molecule has 0 bridgehead atoms. The predicted molar refractivity (Wildman–Crippen MR) is 55.2 cm³/mol. The Labute approximate surface area is 77.1 Å². The van der Waals surface area contributed by atoms with E-state index in [1.54, 1.807) is 0 Å². The van der Waals surface area contributed by atoms with Gasteiger partial charge in [-0.3, -0.25) is 0 Å². The maximum absolute atomic E-state index is 5.50. The SMILES string of the molecule is CCC(C)CN(C)C(C)CCN. The Morgan fingerprint density at radius 3 is 2.33 bits per heavy atom. The highest BCUT2D eigenvalue weighted by atomic mass is 15.1. The van der Waals surface area contributed by atoms with Crippen molar-refractivity contribution in [3.05, 3.63) is 0 Å². The lowest BCUT2D eigenvalue weighted by Crippen LogP contribution is -2.34. The van der Waals surface area contributed by atoms with Crippen LogP contribution < -0.4 is 5.73 Å². The molecule has 0 heterocycles. The van der Waals surface area contributed by atoms with Crippen LogP contribution in [0.25, 0.3) is 0 Å². The largest absolute Gasteiger partial charge is 0.330 e. The van der Waals surface area contributed by atoms with Crippen molar-refractivity contribution in [2.24, 2.45) is 11.7 Å². The molecule has 0 aromatic heterocycles. The van der Waals surface area contributed by atoms with Gasteiger partial charge >= 0.3 is 0 Å². The summed E-state index contributed by atoms with van der Waals surface area (Å²) < 4.78 is 0. The molecule has 2 nitrogen and oxygen atoms in total. The van der Waals surface area contributed by atoms with E-state index in [4.69, 9.17) is 5.73 Å². The van der Waals surface area contributed by atoms with Gasteiger partial charge in [-0.05, 0) is 32.9 Å². The van der Waals surface area contributed by atoms with Gasteiger partial charge in [0.15, 0.2) is 0 Å². The molecule has 0 saturated carbocycles. The first kappa shape index (κ1) is 11.9. The second-order valence-electron chi connectivity index (χ2n) is 3.88. The number of nitrogens with two attached hydrogens (primary N) is 1. The van der Waals surface area contributed by atoms with Crippen LogP contribution in [-0.4, -0.2) is 31.1 Å². The summed E-state index contributed by atoms with van der Waals surface area (Å²) >= 11 is 0. The quantitative estimate of drug-likeness (QED) is 0.661. The smallest absolute Gasteiger partial charge is 0.00759 e. The fraction of sp³-hybridized carbons (Fsp3) is 1.00. The zero-order valence-corrected chi connectivity index (χ0v) is 9.01. The summed E-state index contributed by atoms with van der Waals surface area (Å²) in [4.78, 5) is 2.40. The standard InChI is InChI=1S/C10H24N2/c1-5-9(2)8-12(4)10(3)6-7-11/h9-10H,5-8,11H2,1-4H3. The van der Waals surface area contributed by atoms with Crippen molar-refractivity contribution in [2.45, 2.75) is 39.7 Å². The second kappa shape index (κ2) is 6.44. The van der Waals surface area contributed by atoms with Gasteiger partial charge in [-0.15, -0.1) is 0 Å². The van der Waals surface area contributed by atoms with Crippen LogP contribution in [-0.2, 0) is 0 Å². The van der Waals surface area contributed by atoms with E-state index in [2.05, 4.69) is 32.7 Å². The summed E-state index contributed by atoms with van der Waals surface area (Å²) in [5, 5.41) is 0. The van der Waals surface area contributed by atoms with Crippen LogP contribution >= 0.6 is 0 Å². The molecule has 2 atom stereocenters. The minimum absolute atomic E-state index is 0.629. The molecule has 0 spiro atoms. The lowest BCUT2D eigenvalue weighted by Gasteiger charge is -2.26. The second-order valence-corrected chi connectivity index (χ2v) is 3.88. The van der Waals surface area contributed by atoms with Crippen molar-refractivity contribution in [3.63, 3.8) is 0 Å². The van der Waals surface area contributed by atoms with E-state index in [1.807, 2.05) is 0 Å². The molecule has 0 amide bonds. The Hall–Kier alpha value is -0.0800. The fourth-order valence-corrected chi connectivity index (χ4v) is 1.26. The van der Waals surface area contributed by atoms with Gasteiger partial charge < -0.3 is 10.6 Å². The van der Waals surface area contributed by atoms with Gasteiger partial charge in [0.25, 0.3) is 0 Å². The Bertz CT molecular complexity index is 104. The third-order valence-electron chi connectivity index (χ3n) is 2.63. The molecule has 0 aliphatic heterocycles. The third-order valence-corrected chi connectivity index (χ3v) is 2.63. The lowest BCUT2D eigenvalue weighted by atomic mass is 10.1. The molecular weight excluding hydrogens is 148 g/mol.